The molecular formula is C26H21F3N2O5S. The van der Waals surface area contributed by atoms with E-state index in [9.17, 15) is 31.5 Å². The number of fused-ring (bicyclic) bond motifs is 1. The third kappa shape index (κ3) is 4.84. The molecule has 5 rings (SSSR count). The number of furan rings is 1. The fourth-order valence-corrected chi connectivity index (χ4v) is 5.91. The van der Waals surface area contributed by atoms with Gasteiger partial charge in [0.1, 0.15) is 11.3 Å². The van der Waals surface area contributed by atoms with Gasteiger partial charge in [-0.05, 0) is 54.8 Å². The van der Waals surface area contributed by atoms with Crippen molar-refractivity contribution in [3.05, 3.63) is 78.0 Å². The number of hydrogen-bond donors (Lipinski definition) is 1. The third-order valence-electron chi connectivity index (χ3n) is 6.39. The van der Waals surface area contributed by atoms with Gasteiger partial charge >= 0.3 is 6.18 Å². The minimum Gasteiger partial charge on any atom is -0.507 e. The molecule has 4 aromatic rings. The van der Waals surface area contributed by atoms with Crippen LogP contribution in [0.3, 0.4) is 0 Å². The number of pyridine rings is 1. The first-order valence-electron chi connectivity index (χ1n) is 11.4. The van der Waals surface area contributed by atoms with E-state index >= 15 is 0 Å². The summed E-state index contributed by atoms with van der Waals surface area (Å²) in [6.07, 6.45) is -2.42. The number of halogens is 3. The van der Waals surface area contributed by atoms with Gasteiger partial charge in [0.15, 0.2) is 5.78 Å². The van der Waals surface area contributed by atoms with Gasteiger partial charge in [0.25, 0.3) is 10.0 Å². The van der Waals surface area contributed by atoms with Gasteiger partial charge < -0.3 is 9.52 Å². The van der Waals surface area contributed by atoms with E-state index in [4.69, 9.17) is 4.42 Å². The van der Waals surface area contributed by atoms with Crippen LogP contribution in [0.4, 0.5) is 13.2 Å². The van der Waals surface area contributed by atoms with Crippen LogP contribution in [-0.2, 0) is 27.4 Å². The van der Waals surface area contributed by atoms with E-state index in [1.54, 1.807) is 36.4 Å². The number of rotatable bonds is 7. The number of nitrogens with zero attached hydrogens (tertiary/aromatic N) is 2. The number of alkyl halides is 3. The van der Waals surface area contributed by atoms with Gasteiger partial charge in [-0.1, -0.05) is 18.2 Å². The summed E-state index contributed by atoms with van der Waals surface area (Å²) in [5.41, 5.74) is 0.524. The molecule has 0 aliphatic carbocycles. The largest absolute Gasteiger partial charge is 0.507 e. The van der Waals surface area contributed by atoms with Gasteiger partial charge in [-0.3, -0.25) is 9.78 Å². The zero-order valence-corrected chi connectivity index (χ0v) is 20.1. The molecule has 7 nitrogen and oxygen atoms in total. The number of ketones is 1. The minimum atomic E-state index is -4.58. The first-order valence-corrected chi connectivity index (χ1v) is 12.9. The van der Waals surface area contributed by atoms with Crippen LogP contribution in [0.2, 0.25) is 0 Å². The Balaban J connectivity index is 1.27. The molecule has 2 aromatic heterocycles. The molecule has 0 spiro atoms. The summed E-state index contributed by atoms with van der Waals surface area (Å²) in [7, 11) is -3.97. The lowest BCUT2D eigenvalue weighted by Crippen LogP contribution is -2.54. The van der Waals surface area contributed by atoms with Crippen molar-refractivity contribution in [3.63, 3.8) is 0 Å². The number of para-hydroxylation sites is 1. The van der Waals surface area contributed by atoms with Gasteiger partial charge in [0.05, 0.1) is 17.3 Å². The number of phenols is 1. The predicted molar refractivity (Wildman–Crippen MR) is 128 cm³/mol. The average Bonchev–Trinajstić information content (AvgIpc) is 3.27. The molecule has 0 saturated carbocycles. The van der Waals surface area contributed by atoms with Crippen LogP contribution >= 0.6 is 0 Å². The predicted octanol–water partition coefficient (Wildman–Crippen LogP) is 5.18. The van der Waals surface area contributed by atoms with Crippen LogP contribution in [-0.4, -0.2) is 41.2 Å². The van der Waals surface area contributed by atoms with Crippen molar-refractivity contribution in [1.29, 1.82) is 0 Å². The molecule has 0 bridgehead atoms. The molecule has 1 aliphatic heterocycles. The highest BCUT2D eigenvalue weighted by Crippen LogP contribution is 2.36. The van der Waals surface area contributed by atoms with E-state index in [0.717, 1.165) is 16.4 Å². The van der Waals surface area contributed by atoms with Crippen LogP contribution in [0, 0.1) is 0 Å². The Morgan fingerprint density at radius 1 is 1.11 bits per heavy atom. The number of phenolic OH excluding ortho intramolecular Hbond substituents is 1. The highest BCUT2D eigenvalue weighted by atomic mass is 32.2. The van der Waals surface area contributed by atoms with Crippen LogP contribution in [0.15, 0.2) is 76.4 Å². The Morgan fingerprint density at radius 2 is 1.89 bits per heavy atom. The number of aromatic nitrogens is 1. The summed E-state index contributed by atoms with van der Waals surface area (Å²) < 4.78 is 71.4. The second kappa shape index (κ2) is 9.31. The molecule has 2 aromatic carbocycles. The van der Waals surface area contributed by atoms with Crippen molar-refractivity contribution in [1.82, 2.24) is 9.29 Å². The molecule has 3 heterocycles. The second-order valence-electron chi connectivity index (χ2n) is 8.77. The molecule has 1 aliphatic rings. The Morgan fingerprint density at radius 3 is 2.57 bits per heavy atom. The van der Waals surface area contributed by atoms with Gasteiger partial charge in [-0.25, -0.2) is 8.42 Å². The lowest BCUT2D eigenvalue weighted by atomic mass is 9.96. The molecule has 1 saturated heterocycles. The maximum Gasteiger partial charge on any atom is 0.416 e. The topological polar surface area (TPSA) is 101 Å². The summed E-state index contributed by atoms with van der Waals surface area (Å²) in [5.74, 6) is -0.807. The lowest BCUT2D eigenvalue weighted by molar-refractivity contribution is -0.137. The number of carbonyl (C=O) groups is 1. The monoisotopic (exact) mass is 530 g/mol. The number of hydrogen-bond acceptors (Lipinski definition) is 6. The number of aryl methyl sites for hydroxylation is 1. The SMILES string of the molecule is O=C(CCc1ccnc(-c2ccc(C(F)(F)F)cc2O)c1)C1CCN1S(=O)(=O)c1cc2ccccc2o1. The summed E-state index contributed by atoms with van der Waals surface area (Å²) in [6.45, 7) is 0.211. The Labute approximate surface area is 210 Å². The van der Waals surface area contributed by atoms with Crippen LogP contribution in [0.25, 0.3) is 22.2 Å². The maximum absolute atomic E-state index is 13.1. The van der Waals surface area contributed by atoms with Crippen molar-refractivity contribution in [2.24, 2.45) is 0 Å². The normalized spacial score (nSPS) is 16.6. The highest BCUT2D eigenvalue weighted by Gasteiger charge is 2.43. The molecule has 192 valence electrons. The van der Waals surface area contributed by atoms with E-state index in [2.05, 4.69) is 4.98 Å². The molecule has 1 atom stereocenters. The van der Waals surface area contributed by atoms with Crippen molar-refractivity contribution < 1.29 is 35.9 Å². The van der Waals surface area contributed by atoms with E-state index < -0.39 is 33.6 Å². The Bertz CT molecular complexity index is 1560. The fourth-order valence-electron chi connectivity index (χ4n) is 4.31. The molecule has 1 N–H and O–H groups in total. The van der Waals surface area contributed by atoms with Crippen LogP contribution in [0.1, 0.15) is 24.0 Å². The van der Waals surface area contributed by atoms with Gasteiger partial charge in [0.2, 0.25) is 5.09 Å². The standard InChI is InChI=1S/C26H21F3N2O5S/c27-26(28,29)18-6-7-19(23(33)15-18)20-13-16(9-11-30-20)5-8-22(32)21-10-12-31(21)37(34,35)25-14-17-3-1-2-4-24(17)36-25/h1-4,6-7,9,11,13-15,21,33H,5,8,10,12H2. The first-order chi connectivity index (χ1) is 17.5. The maximum atomic E-state index is 13.1. The second-order valence-corrected chi connectivity index (χ2v) is 10.6. The zero-order valence-electron chi connectivity index (χ0n) is 19.3. The number of benzene rings is 2. The molecule has 37 heavy (non-hydrogen) atoms. The lowest BCUT2D eigenvalue weighted by Gasteiger charge is -2.37. The van der Waals surface area contributed by atoms with Gasteiger partial charge in [0, 0.05) is 36.2 Å². The molecule has 0 amide bonds. The quantitative estimate of drug-likeness (QED) is 0.353. The molecule has 11 heteroatoms. The van der Waals surface area contributed by atoms with Crippen LogP contribution < -0.4 is 0 Å². The van der Waals surface area contributed by atoms with E-state index in [1.165, 1.54) is 12.3 Å². The number of sulfonamides is 1. The third-order valence-corrected chi connectivity index (χ3v) is 8.16. The van der Waals surface area contributed by atoms with Gasteiger partial charge in [-0.15, -0.1) is 0 Å². The average molecular weight is 531 g/mol. The van der Waals surface area contributed by atoms with E-state index in [0.29, 0.717) is 29.0 Å². The van der Waals surface area contributed by atoms with Gasteiger partial charge in [-0.2, -0.15) is 17.5 Å². The molecule has 1 unspecified atom stereocenters. The number of aromatic hydroxyl groups is 1. The number of carbonyl (C=O) groups excluding carboxylic acids is 1. The molecular weight excluding hydrogens is 509 g/mol. The fraction of sp³-hybridized carbons (Fsp3) is 0.231. The Kier molecular flexibility index (Phi) is 6.28. The minimum absolute atomic E-state index is 0.0548. The van der Waals surface area contributed by atoms with Crippen molar-refractivity contribution in [2.75, 3.05) is 6.54 Å². The van der Waals surface area contributed by atoms with Crippen molar-refractivity contribution in [3.8, 4) is 17.0 Å². The summed E-state index contributed by atoms with van der Waals surface area (Å²) in [4.78, 5) is 17.0. The number of Topliss-reactive ketones (excluding diaryl/α,β-unsaturated/α-hetero) is 1. The highest BCUT2D eigenvalue weighted by molar-refractivity contribution is 7.89. The zero-order chi connectivity index (χ0) is 26.4. The molecule has 0 radical (unpaired) electrons. The first kappa shape index (κ1) is 25.0. The summed E-state index contributed by atoms with van der Waals surface area (Å²) in [5, 5.41) is 10.6. The van der Waals surface area contributed by atoms with E-state index in [-0.39, 0.29) is 41.5 Å². The van der Waals surface area contributed by atoms with Crippen LogP contribution in [0.5, 0.6) is 5.75 Å². The van der Waals surface area contributed by atoms with Crippen molar-refractivity contribution >= 4 is 26.8 Å². The Hall–Kier alpha value is -3.70. The smallest absolute Gasteiger partial charge is 0.416 e. The molecule has 1 fully saturated rings. The van der Waals surface area contributed by atoms with E-state index in [1.807, 2.05) is 0 Å². The van der Waals surface area contributed by atoms with Crippen molar-refractivity contribution in [2.45, 2.75) is 36.6 Å². The summed E-state index contributed by atoms with van der Waals surface area (Å²) in [6, 6.07) is 13.4. The summed E-state index contributed by atoms with van der Waals surface area (Å²) >= 11 is 0.